The van der Waals surface area contributed by atoms with Crippen molar-refractivity contribution in [3.63, 3.8) is 0 Å². The lowest BCUT2D eigenvalue weighted by Gasteiger charge is -2.38. The van der Waals surface area contributed by atoms with E-state index < -0.39 is 0 Å². The van der Waals surface area contributed by atoms with Gasteiger partial charge in [-0.25, -0.2) is 0 Å². The molecule has 2 aromatic rings. The van der Waals surface area contributed by atoms with Crippen molar-refractivity contribution in [1.29, 1.82) is 0 Å². The molecule has 4 heteroatoms. The predicted octanol–water partition coefficient (Wildman–Crippen LogP) is 2.56. The van der Waals surface area contributed by atoms with E-state index >= 15 is 0 Å². The summed E-state index contributed by atoms with van der Waals surface area (Å²) in [5.41, 5.74) is 9.42. The molecule has 0 saturated carbocycles. The van der Waals surface area contributed by atoms with Crippen LogP contribution in [0.3, 0.4) is 0 Å². The summed E-state index contributed by atoms with van der Waals surface area (Å²) in [4.78, 5) is 5.10. The molecule has 1 saturated heterocycles. The maximum Gasteiger partial charge on any atom is 0.0234 e. The van der Waals surface area contributed by atoms with E-state index in [-0.39, 0.29) is 6.04 Å². The molecule has 1 aliphatic rings. The van der Waals surface area contributed by atoms with Crippen LogP contribution in [-0.4, -0.2) is 55.1 Å². The summed E-state index contributed by atoms with van der Waals surface area (Å²) in [7, 11) is 0. The first-order valence-electron chi connectivity index (χ1n) is 10.2. The molecule has 0 radical (unpaired) electrons. The molecule has 1 heterocycles. The number of hydrogen-bond acceptors (Lipinski definition) is 4. The van der Waals surface area contributed by atoms with E-state index in [0.29, 0.717) is 5.92 Å². The van der Waals surface area contributed by atoms with Gasteiger partial charge in [0.2, 0.25) is 0 Å². The fourth-order valence-corrected chi connectivity index (χ4v) is 3.90. The van der Waals surface area contributed by atoms with Gasteiger partial charge in [0.15, 0.2) is 0 Å². The molecule has 3 rings (SSSR count). The highest BCUT2D eigenvalue weighted by Crippen LogP contribution is 2.15. The van der Waals surface area contributed by atoms with E-state index in [1.807, 2.05) is 0 Å². The van der Waals surface area contributed by atoms with Gasteiger partial charge in [-0.1, -0.05) is 67.6 Å². The van der Waals surface area contributed by atoms with Crippen molar-refractivity contribution in [3.05, 3.63) is 71.8 Å². The molecule has 0 amide bonds. The minimum atomic E-state index is 0.186. The third-order valence-electron chi connectivity index (χ3n) is 5.45. The van der Waals surface area contributed by atoms with Gasteiger partial charge in [-0.2, -0.15) is 0 Å². The fourth-order valence-electron chi connectivity index (χ4n) is 3.90. The largest absolute Gasteiger partial charge is 0.326 e. The Kier molecular flexibility index (Phi) is 7.84. The number of rotatable bonds is 7. The van der Waals surface area contributed by atoms with Crippen molar-refractivity contribution in [2.75, 3.05) is 39.3 Å². The molecule has 1 aliphatic heterocycles. The van der Waals surface area contributed by atoms with E-state index in [1.165, 1.54) is 11.1 Å². The first-order valence-corrected chi connectivity index (χ1v) is 10.2. The van der Waals surface area contributed by atoms with E-state index in [2.05, 4.69) is 82.7 Å². The molecule has 0 aromatic heterocycles. The topological polar surface area (TPSA) is 44.5 Å². The Morgan fingerprint density at radius 2 is 1.37 bits per heavy atom. The van der Waals surface area contributed by atoms with Gasteiger partial charge in [0.05, 0.1) is 0 Å². The molecule has 27 heavy (non-hydrogen) atoms. The average Bonchev–Trinajstić information content (AvgIpc) is 2.69. The summed E-state index contributed by atoms with van der Waals surface area (Å²) in [5.74, 6) is 0.465. The fraction of sp³-hybridized carbons (Fsp3) is 0.478. The van der Waals surface area contributed by atoms with E-state index in [0.717, 1.165) is 52.4 Å². The second kappa shape index (κ2) is 10.6. The summed E-state index contributed by atoms with van der Waals surface area (Å²) < 4.78 is 0. The van der Waals surface area contributed by atoms with Gasteiger partial charge >= 0.3 is 0 Å². The van der Waals surface area contributed by atoms with Crippen molar-refractivity contribution in [2.45, 2.75) is 26.1 Å². The average molecular weight is 367 g/mol. The molecule has 0 spiro atoms. The zero-order chi connectivity index (χ0) is 18.9. The van der Waals surface area contributed by atoms with E-state index in [9.17, 15) is 0 Å². The highest BCUT2D eigenvalue weighted by molar-refractivity contribution is 5.15. The van der Waals surface area contributed by atoms with Gasteiger partial charge < -0.3 is 11.1 Å². The number of nitrogens with one attached hydrogen (secondary N) is 1. The highest BCUT2D eigenvalue weighted by atomic mass is 15.2. The minimum Gasteiger partial charge on any atom is -0.326 e. The van der Waals surface area contributed by atoms with Crippen LogP contribution in [0.5, 0.6) is 0 Å². The SMILES string of the molecule is CCNC[C@H]1CN(Cc2ccccc2)CCN(Cc2ccccc2)C[C@@H]1N. The Hall–Kier alpha value is -1.72. The first-order chi connectivity index (χ1) is 13.2. The minimum absolute atomic E-state index is 0.186. The normalized spacial score (nSPS) is 22.3. The smallest absolute Gasteiger partial charge is 0.0234 e. The van der Waals surface area contributed by atoms with E-state index in [4.69, 9.17) is 5.73 Å². The van der Waals surface area contributed by atoms with Gasteiger partial charge in [-0.15, -0.1) is 0 Å². The van der Waals surface area contributed by atoms with Crippen LogP contribution in [0.4, 0.5) is 0 Å². The number of nitrogens with zero attached hydrogens (tertiary/aromatic N) is 2. The Bertz CT molecular complexity index is 646. The predicted molar refractivity (Wildman–Crippen MR) is 113 cm³/mol. The number of benzene rings is 2. The zero-order valence-corrected chi connectivity index (χ0v) is 16.6. The van der Waals surface area contributed by atoms with Crippen LogP contribution >= 0.6 is 0 Å². The Balaban J connectivity index is 1.69. The molecular formula is C23H34N4. The number of nitrogens with two attached hydrogens (primary N) is 1. The van der Waals surface area contributed by atoms with Gasteiger partial charge in [-0.3, -0.25) is 9.80 Å². The van der Waals surface area contributed by atoms with E-state index in [1.54, 1.807) is 0 Å². The summed E-state index contributed by atoms with van der Waals surface area (Å²) in [6.07, 6.45) is 0. The van der Waals surface area contributed by atoms with Gasteiger partial charge in [-0.05, 0) is 17.7 Å². The van der Waals surface area contributed by atoms with Crippen LogP contribution in [0, 0.1) is 5.92 Å². The first kappa shape index (κ1) is 20.0. The zero-order valence-electron chi connectivity index (χ0n) is 16.6. The third-order valence-corrected chi connectivity index (χ3v) is 5.45. The molecule has 2 aromatic carbocycles. The van der Waals surface area contributed by atoms with Crippen LogP contribution in [0.15, 0.2) is 60.7 Å². The summed E-state index contributed by atoms with van der Waals surface area (Å²) in [5, 5.41) is 3.52. The second-order valence-corrected chi connectivity index (χ2v) is 7.67. The number of hydrogen-bond donors (Lipinski definition) is 2. The van der Waals surface area contributed by atoms with Crippen molar-refractivity contribution >= 4 is 0 Å². The molecule has 2 atom stereocenters. The molecule has 0 unspecified atom stereocenters. The van der Waals surface area contributed by atoms with Crippen LogP contribution in [0.25, 0.3) is 0 Å². The van der Waals surface area contributed by atoms with Crippen molar-refractivity contribution in [2.24, 2.45) is 11.7 Å². The van der Waals surface area contributed by atoms with Crippen molar-refractivity contribution in [3.8, 4) is 0 Å². The van der Waals surface area contributed by atoms with Gasteiger partial charge in [0, 0.05) is 57.8 Å². The molecule has 0 bridgehead atoms. The summed E-state index contributed by atoms with van der Waals surface area (Å²) >= 11 is 0. The molecule has 4 nitrogen and oxygen atoms in total. The Morgan fingerprint density at radius 1 is 0.852 bits per heavy atom. The third kappa shape index (κ3) is 6.43. The van der Waals surface area contributed by atoms with Gasteiger partial charge in [0.25, 0.3) is 0 Å². The Morgan fingerprint density at radius 3 is 1.89 bits per heavy atom. The maximum absolute atomic E-state index is 6.68. The molecule has 0 aliphatic carbocycles. The quantitative estimate of drug-likeness (QED) is 0.790. The van der Waals surface area contributed by atoms with Crippen LogP contribution in [-0.2, 0) is 13.1 Å². The molecular weight excluding hydrogens is 332 g/mol. The molecule has 3 N–H and O–H groups in total. The summed E-state index contributed by atoms with van der Waals surface area (Å²) in [6.45, 7) is 10.3. The lowest BCUT2D eigenvalue weighted by Crippen LogP contribution is -2.53. The molecule has 1 fully saturated rings. The maximum atomic E-state index is 6.68. The summed E-state index contributed by atoms with van der Waals surface area (Å²) in [6, 6.07) is 21.7. The standard InChI is InChI=1S/C23H34N4/c1-2-25-15-22-18-26(16-20-9-5-3-6-10-20)13-14-27(19-23(22)24)17-21-11-7-4-8-12-21/h3-12,22-23,25H,2,13-19,24H2,1H3/t22-,23-/m0/s1. The lowest BCUT2D eigenvalue weighted by molar-refractivity contribution is 0.117. The van der Waals surface area contributed by atoms with Crippen molar-refractivity contribution in [1.82, 2.24) is 15.1 Å². The van der Waals surface area contributed by atoms with Gasteiger partial charge in [0.1, 0.15) is 0 Å². The Labute approximate surface area is 164 Å². The van der Waals surface area contributed by atoms with Crippen LogP contribution < -0.4 is 11.1 Å². The molecule has 146 valence electrons. The van der Waals surface area contributed by atoms with Crippen LogP contribution in [0.1, 0.15) is 18.1 Å². The second-order valence-electron chi connectivity index (χ2n) is 7.67. The van der Waals surface area contributed by atoms with Crippen molar-refractivity contribution < 1.29 is 0 Å². The van der Waals surface area contributed by atoms with Crippen LogP contribution in [0.2, 0.25) is 0 Å². The monoisotopic (exact) mass is 366 g/mol. The highest BCUT2D eigenvalue weighted by Gasteiger charge is 2.26. The lowest BCUT2D eigenvalue weighted by atomic mass is 9.97.